The van der Waals surface area contributed by atoms with E-state index in [1.807, 2.05) is 25.1 Å². The molecule has 2 N–H and O–H groups in total. The Bertz CT molecular complexity index is 489. The third-order valence-electron chi connectivity index (χ3n) is 3.34. The van der Waals surface area contributed by atoms with Gasteiger partial charge in [0.05, 0.1) is 19.3 Å². The van der Waals surface area contributed by atoms with Gasteiger partial charge in [0.25, 0.3) is 0 Å². The lowest BCUT2D eigenvalue weighted by Gasteiger charge is -2.24. The largest absolute Gasteiger partial charge is 0.490 e. The first-order chi connectivity index (χ1) is 11.0. The van der Waals surface area contributed by atoms with E-state index < -0.39 is 6.04 Å². The highest BCUT2D eigenvalue weighted by Gasteiger charge is 2.17. The third-order valence-corrected chi connectivity index (χ3v) is 3.34. The predicted molar refractivity (Wildman–Crippen MR) is 92.8 cm³/mol. The minimum absolute atomic E-state index is 0.0314. The van der Waals surface area contributed by atoms with Crippen LogP contribution in [0, 0.1) is 0 Å². The minimum atomic E-state index is -0.486. The zero-order chi connectivity index (χ0) is 17.2. The van der Waals surface area contributed by atoms with Gasteiger partial charge >= 0.3 is 0 Å². The molecule has 1 aromatic carbocycles. The predicted octanol–water partition coefficient (Wildman–Crippen LogP) is 2.96. The van der Waals surface area contributed by atoms with Gasteiger partial charge in [0, 0.05) is 13.1 Å². The molecule has 0 heterocycles. The summed E-state index contributed by atoms with van der Waals surface area (Å²) < 4.78 is 11.4. The molecule has 0 aliphatic heterocycles. The second-order valence-electron chi connectivity index (χ2n) is 5.61. The Balaban J connectivity index is 2.93. The molecule has 0 aromatic heterocycles. The maximum Gasteiger partial charge on any atom is 0.239 e. The molecule has 0 bridgehead atoms. The summed E-state index contributed by atoms with van der Waals surface area (Å²) in [6.45, 7) is 10.2. The molecule has 0 spiro atoms. The lowest BCUT2D eigenvalue weighted by atomic mass is 10.1. The maximum absolute atomic E-state index is 12.2. The van der Waals surface area contributed by atoms with E-state index >= 15 is 0 Å². The van der Waals surface area contributed by atoms with Gasteiger partial charge in [-0.1, -0.05) is 19.9 Å². The molecule has 0 aliphatic rings. The van der Waals surface area contributed by atoms with E-state index in [2.05, 4.69) is 13.8 Å². The Morgan fingerprint density at radius 3 is 2.48 bits per heavy atom. The first-order valence-electron chi connectivity index (χ1n) is 8.46. The van der Waals surface area contributed by atoms with E-state index in [1.165, 1.54) is 0 Å². The molecule has 130 valence electrons. The molecule has 1 aromatic rings. The highest BCUT2D eigenvalue weighted by molar-refractivity contribution is 5.81. The van der Waals surface area contributed by atoms with Crippen molar-refractivity contribution in [1.82, 2.24) is 4.90 Å². The van der Waals surface area contributed by atoms with Gasteiger partial charge in [0.15, 0.2) is 11.5 Å². The summed E-state index contributed by atoms with van der Waals surface area (Å²) in [5, 5.41) is 0. The maximum atomic E-state index is 12.2. The number of hydrogen-bond acceptors (Lipinski definition) is 4. The summed E-state index contributed by atoms with van der Waals surface area (Å²) in [7, 11) is 0. The summed E-state index contributed by atoms with van der Waals surface area (Å²) in [6.07, 6.45) is 1.84. The van der Waals surface area contributed by atoms with E-state index in [4.69, 9.17) is 15.2 Å². The summed E-state index contributed by atoms with van der Waals surface area (Å²) >= 11 is 0. The molecule has 23 heavy (non-hydrogen) atoms. The zero-order valence-electron chi connectivity index (χ0n) is 14.8. The number of nitrogens with zero attached hydrogens (tertiary/aromatic N) is 1. The van der Waals surface area contributed by atoms with Crippen molar-refractivity contribution in [2.75, 3.05) is 19.8 Å². The topological polar surface area (TPSA) is 64.8 Å². The monoisotopic (exact) mass is 322 g/mol. The lowest BCUT2D eigenvalue weighted by molar-refractivity contribution is -0.132. The van der Waals surface area contributed by atoms with Crippen molar-refractivity contribution in [1.29, 1.82) is 0 Å². The number of rotatable bonds is 10. The Morgan fingerprint density at radius 2 is 1.91 bits per heavy atom. The van der Waals surface area contributed by atoms with Crippen molar-refractivity contribution in [3.63, 3.8) is 0 Å². The SMILES string of the molecule is CCCOc1ccc(CN(CCC)C(=O)[C@@H](C)N)cc1OCC. The fourth-order valence-electron chi connectivity index (χ4n) is 2.30. The Labute approximate surface area is 139 Å². The first kappa shape index (κ1) is 19.3. The fraction of sp³-hybridized carbons (Fsp3) is 0.611. The Hall–Kier alpha value is -1.75. The van der Waals surface area contributed by atoms with E-state index in [9.17, 15) is 4.79 Å². The van der Waals surface area contributed by atoms with Crippen LogP contribution >= 0.6 is 0 Å². The molecule has 0 fully saturated rings. The number of amides is 1. The van der Waals surface area contributed by atoms with Gasteiger partial charge in [0.1, 0.15) is 0 Å². The number of hydrogen-bond donors (Lipinski definition) is 1. The van der Waals surface area contributed by atoms with Crippen LogP contribution in [0.25, 0.3) is 0 Å². The van der Waals surface area contributed by atoms with Gasteiger partial charge in [-0.15, -0.1) is 0 Å². The summed E-state index contributed by atoms with van der Waals surface area (Å²) in [6, 6.07) is 5.35. The third kappa shape index (κ3) is 6.10. The molecule has 0 aliphatic carbocycles. The molecule has 1 rings (SSSR count). The molecule has 5 nitrogen and oxygen atoms in total. The smallest absolute Gasteiger partial charge is 0.239 e. The summed E-state index contributed by atoms with van der Waals surface area (Å²) in [4.78, 5) is 14.0. The zero-order valence-corrected chi connectivity index (χ0v) is 14.8. The van der Waals surface area contributed by atoms with Gasteiger partial charge in [-0.2, -0.15) is 0 Å². The Morgan fingerprint density at radius 1 is 1.17 bits per heavy atom. The number of nitrogens with two attached hydrogens (primary N) is 1. The second-order valence-corrected chi connectivity index (χ2v) is 5.61. The molecule has 0 radical (unpaired) electrons. The second kappa shape index (κ2) is 10.1. The summed E-state index contributed by atoms with van der Waals surface area (Å²) in [5.74, 6) is 1.44. The molecule has 0 saturated carbocycles. The molecule has 0 saturated heterocycles. The average molecular weight is 322 g/mol. The number of benzene rings is 1. The van der Waals surface area contributed by atoms with Gasteiger partial charge in [-0.25, -0.2) is 0 Å². The van der Waals surface area contributed by atoms with Crippen molar-refractivity contribution in [2.24, 2.45) is 5.73 Å². The van der Waals surface area contributed by atoms with Crippen molar-refractivity contribution in [3.05, 3.63) is 23.8 Å². The van der Waals surface area contributed by atoms with Crippen molar-refractivity contribution >= 4 is 5.91 Å². The molecule has 0 unspecified atom stereocenters. The van der Waals surface area contributed by atoms with Gasteiger partial charge in [-0.05, 0) is 44.4 Å². The van der Waals surface area contributed by atoms with Crippen LogP contribution in [0.4, 0.5) is 0 Å². The van der Waals surface area contributed by atoms with Gasteiger partial charge < -0.3 is 20.1 Å². The Kier molecular flexibility index (Phi) is 8.48. The van der Waals surface area contributed by atoms with Crippen LogP contribution in [0.2, 0.25) is 0 Å². The molecular formula is C18H30N2O3. The first-order valence-corrected chi connectivity index (χ1v) is 8.46. The van der Waals surface area contributed by atoms with Crippen LogP contribution in [0.15, 0.2) is 18.2 Å². The van der Waals surface area contributed by atoms with Crippen molar-refractivity contribution in [3.8, 4) is 11.5 Å². The van der Waals surface area contributed by atoms with Crippen LogP contribution in [0.3, 0.4) is 0 Å². The highest BCUT2D eigenvalue weighted by atomic mass is 16.5. The molecule has 5 heteroatoms. The standard InChI is InChI=1S/C18H30N2O3/c1-5-10-20(18(21)14(4)19)13-15-8-9-16(23-11-6-2)17(12-15)22-7-3/h8-9,12,14H,5-7,10-11,13,19H2,1-4H3/t14-/m1/s1. The van der Waals surface area contributed by atoms with Crippen LogP contribution in [-0.4, -0.2) is 36.6 Å². The van der Waals surface area contributed by atoms with Crippen molar-refractivity contribution < 1.29 is 14.3 Å². The normalized spacial score (nSPS) is 11.9. The van der Waals surface area contributed by atoms with E-state index in [1.54, 1.807) is 11.8 Å². The molecule has 1 atom stereocenters. The van der Waals surface area contributed by atoms with Crippen LogP contribution in [0.1, 0.15) is 46.1 Å². The van der Waals surface area contributed by atoms with Gasteiger partial charge in [-0.3, -0.25) is 4.79 Å². The minimum Gasteiger partial charge on any atom is -0.490 e. The van der Waals surface area contributed by atoms with Crippen LogP contribution in [-0.2, 0) is 11.3 Å². The summed E-state index contributed by atoms with van der Waals surface area (Å²) in [5.41, 5.74) is 6.76. The number of carbonyl (C=O) groups excluding carboxylic acids is 1. The van der Waals surface area contributed by atoms with Crippen molar-refractivity contribution in [2.45, 2.75) is 53.1 Å². The number of ether oxygens (including phenoxy) is 2. The number of carbonyl (C=O) groups is 1. The quantitative estimate of drug-likeness (QED) is 0.719. The fourth-order valence-corrected chi connectivity index (χ4v) is 2.30. The van der Waals surface area contributed by atoms with E-state index in [-0.39, 0.29) is 5.91 Å². The van der Waals surface area contributed by atoms with Crippen LogP contribution < -0.4 is 15.2 Å². The average Bonchev–Trinajstić information content (AvgIpc) is 2.53. The highest BCUT2D eigenvalue weighted by Crippen LogP contribution is 2.29. The lowest BCUT2D eigenvalue weighted by Crippen LogP contribution is -2.42. The van der Waals surface area contributed by atoms with E-state index in [0.717, 1.165) is 29.9 Å². The van der Waals surface area contributed by atoms with Crippen LogP contribution in [0.5, 0.6) is 11.5 Å². The van der Waals surface area contributed by atoms with Gasteiger partial charge in [0.2, 0.25) is 5.91 Å². The van der Waals surface area contributed by atoms with E-state index in [0.29, 0.717) is 26.3 Å². The molecule has 1 amide bonds. The molecular weight excluding hydrogens is 292 g/mol.